The van der Waals surface area contributed by atoms with Crippen LogP contribution in [0.1, 0.15) is 21.3 Å². The predicted octanol–water partition coefficient (Wildman–Crippen LogP) is 3.96. The highest BCUT2D eigenvalue weighted by atomic mass is 35.5. The van der Waals surface area contributed by atoms with Crippen molar-refractivity contribution in [2.75, 3.05) is 19.1 Å². The summed E-state index contributed by atoms with van der Waals surface area (Å²) in [7, 11) is 0. The summed E-state index contributed by atoms with van der Waals surface area (Å²) in [6.07, 6.45) is 0. The van der Waals surface area contributed by atoms with Crippen LogP contribution in [-0.2, 0) is 0 Å². The Kier molecular flexibility index (Phi) is 3.83. The molecule has 2 aromatic rings. The summed E-state index contributed by atoms with van der Waals surface area (Å²) in [5, 5.41) is 0.554. The van der Waals surface area contributed by atoms with Crippen molar-refractivity contribution in [3.8, 4) is 11.5 Å². The van der Waals surface area contributed by atoms with Gasteiger partial charge in [-0.3, -0.25) is 4.79 Å². The molecule has 2 heterocycles. The molecule has 0 bridgehead atoms. The van der Waals surface area contributed by atoms with Crippen LogP contribution < -0.4 is 9.47 Å². The number of hydrogen-bond donors (Lipinski definition) is 0. The van der Waals surface area contributed by atoms with Crippen molar-refractivity contribution in [1.82, 2.24) is 4.90 Å². The Morgan fingerprint density at radius 2 is 2.04 bits per heavy atom. The maximum atomic E-state index is 12.8. The minimum atomic E-state index is -0.0176. The monoisotopic (exact) mass is 347 g/mol. The van der Waals surface area contributed by atoms with Crippen molar-refractivity contribution in [2.45, 2.75) is 5.37 Å². The van der Waals surface area contributed by atoms with Crippen LogP contribution in [0.25, 0.3) is 0 Å². The third kappa shape index (κ3) is 2.75. The standard InChI is InChI=1S/C17H14ClNO3S/c18-13-3-1-2-11(8-13)16(20)19-6-7-23-17(19)12-4-5-14-15(9-12)22-10-21-14/h1-5,8-9,17H,6-7,10H2. The summed E-state index contributed by atoms with van der Waals surface area (Å²) in [5.41, 5.74) is 1.66. The number of nitrogens with zero attached hydrogens (tertiary/aromatic N) is 1. The first kappa shape index (κ1) is 14.7. The topological polar surface area (TPSA) is 38.8 Å². The Labute approximate surface area is 143 Å². The van der Waals surface area contributed by atoms with Gasteiger partial charge in [0.05, 0.1) is 0 Å². The number of fused-ring (bicyclic) bond motifs is 1. The summed E-state index contributed by atoms with van der Waals surface area (Å²) < 4.78 is 10.8. The van der Waals surface area contributed by atoms with Gasteiger partial charge in [0.1, 0.15) is 5.37 Å². The third-order valence-electron chi connectivity index (χ3n) is 3.91. The molecule has 1 atom stereocenters. The van der Waals surface area contributed by atoms with Gasteiger partial charge >= 0.3 is 0 Å². The second-order valence-electron chi connectivity index (χ2n) is 5.34. The average Bonchev–Trinajstić information content (AvgIpc) is 3.22. The molecule has 1 saturated heterocycles. The molecule has 0 N–H and O–H groups in total. The molecule has 6 heteroatoms. The predicted molar refractivity (Wildman–Crippen MR) is 90.3 cm³/mol. The minimum Gasteiger partial charge on any atom is -0.454 e. The minimum absolute atomic E-state index is 0.000154. The van der Waals surface area contributed by atoms with E-state index in [0.29, 0.717) is 10.6 Å². The van der Waals surface area contributed by atoms with Gasteiger partial charge in [-0.1, -0.05) is 23.7 Å². The highest BCUT2D eigenvalue weighted by Crippen LogP contribution is 2.42. The lowest BCUT2D eigenvalue weighted by molar-refractivity contribution is 0.0760. The molecule has 0 aliphatic carbocycles. The second-order valence-corrected chi connectivity index (χ2v) is 6.97. The van der Waals surface area contributed by atoms with Crippen LogP contribution in [0.15, 0.2) is 42.5 Å². The molecule has 0 saturated carbocycles. The molecule has 23 heavy (non-hydrogen) atoms. The maximum absolute atomic E-state index is 12.8. The first-order valence-electron chi connectivity index (χ1n) is 7.30. The Morgan fingerprint density at radius 1 is 1.17 bits per heavy atom. The number of halogens is 1. The molecule has 4 rings (SSSR count). The SMILES string of the molecule is O=C(c1cccc(Cl)c1)N1CCSC1c1ccc2c(c1)OCO2. The zero-order valence-corrected chi connectivity index (χ0v) is 13.8. The average molecular weight is 348 g/mol. The number of ether oxygens (including phenoxy) is 2. The zero-order valence-electron chi connectivity index (χ0n) is 12.2. The number of amides is 1. The summed E-state index contributed by atoms with van der Waals surface area (Å²) >= 11 is 7.76. The van der Waals surface area contributed by atoms with Crippen LogP contribution in [-0.4, -0.2) is 29.9 Å². The molecular weight excluding hydrogens is 334 g/mol. The number of hydrogen-bond acceptors (Lipinski definition) is 4. The molecule has 0 spiro atoms. The Hall–Kier alpha value is -1.85. The summed E-state index contributed by atoms with van der Waals surface area (Å²) in [5.74, 6) is 2.40. The van der Waals surface area contributed by atoms with E-state index in [4.69, 9.17) is 21.1 Å². The van der Waals surface area contributed by atoms with E-state index in [9.17, 15) is 4.79 Å². The van der Waals surface area contributed by atoms with Gasteiger partial charge < -0.3 is 14.4 Å². The van der Waals surface area contributed by atoms with E-state index in [-0.39, 0.29) is 18.1 Å². The lowest BCUT2D eigenvalue weighted by Gasteiger charge is -2.24. The summed E-state index contributed by atoms with van der Waals surface area (Å²) in [4.78, 5) is 14.7. The summed E-state index contributed by atoms with van der Waals surface area (Å²) in [6.45, 7) is 0.969. The van der Waals surface area contributed by atoms with E-state index in [0.717, 1.165) is 29.4 Å². The molecular formula is C17H14ClNO3S. The van der Waals surface area contributed by atoms with E-state index in [1.165, 1.54) is 0 Å². The smallest absolute Gasteiger partial charge is 0.255 e. The lowest BCUT2D eigenvalue weighted by atomic mass is 10.1. The van der Waals surface area contributed by atoms with E-state index < -0.39 is 0 Å². The Bertz CT molecular complexity index is 767. The fourth-order valence-electron chi connectivity index (χ4n) is 2.81. The van der Waals surface area contributed by atoms with Crippen molar-refractivity contribution in [3.05, 3.63) is 58.6 Å². The lowest BCUT2D eigenvalue weighted by Crippen LogP contribution is -2.30. The van der Waals surface area contributed by atoms with Crippen molar-refractivity contribution in [3.63, 3.8) is 0 Å². The molecule has 2 aromatic carbocycles. The van der Waals surface area contributed by atoms with Gasteiger partial charge in [-0.2, -0.15) is 0 Å². The quantitative estimate of drug-likeness (QED) is 0.824. The van der Waals surface area contributed by atoms with Crippen molar-refractivity contribution in [1.29, 1.82) is 0 Å². The molecule has 4 nitrogen and oxygen atoms in total. The van der Waals surface area contributed by atoms with Gasteiger partial charge in [0, 0.05) is 22.9 Å². The normalized spacial score (nSPS) is 19.2. The van der Waals surface area contributed by atoms with Gasteiger partial charge in [0.25, 0.3) is 5.91 Å². The first-order chi connectivity index (χ1) is 11.2. The fraction of sp³-hybridized carbons (Fsp3) is 0.235. The molecule has 1 fully saturated rings. The van der Waals surface area contributed by atoms with Crippen LogP contribution in [0.2, 0.25) is 5.02 Å². The van der Waals surface area contributed by atoms with Crippen molar-refractivity contribution in [2.24, 2.45) is 0 Å². The molecule has 0 radical (unpaired) electrons. The third-order valence-corrected chi connectivity index (χ3v) is 5.40. The van der Waals surface area contributed by atoms with Gasteiger partial charge in [0.15, 0.2) is 11.5 Å². The number of rotatable bonds is 2. The summed E-state index contributed by atoms with van der Waals surface area (Å²) in [6, 6.07) is 12.9. The van der Waals surface area contributed by atoms with Gasteiger partial charge in [-0.25, -0.2) is 0 Å². The molecule has 118 valence electrons. The van der Waals surface area contributed by atoms with Crippen LogP contribution in [0.4, 0.5) is 0 Å². The van der Waals surface area contributed by atoms with Crippen LogP contribution in [0.5, 0.6) is 11.5 Å². The molecule has 2 aliphatic heterocycles. The van der Waals surface area contributed by atoms with Crippen LogP contribution >= 0.6 is 23.4 Å². The van der Waals surface area contributed by atoms with Crippen molar-refractivity contribution < 1.29 is 14.3 Å². The van der Waals surface area contributed by atoms with Crippen LogP contribution in [0.3, 0.4) is 0 Å². The van der Waals surface area contributed by atoms with Crippen molar-refractivity contribution >= 4 is 29.3 Å². The fourth-order valence-corrected chi connectivity index (χ4v) is 4.24. The van der Waals surface area contributed by atoms with Gasteiger partial charge in [-0.15, -0.1) is 11.8 Å². The molecule has 2 aliphatic rings. The largest absolute Gasteiger partial charge is 0.454 e. The molecule has 1 amide bonds. The van der Waals surface area contributed by atoms with E-state index >= 15 is 0 Å². The van der Waals surface area contributed by atoms with E-state index in [2.05, 4.69) is 0 Å². The highest BCUT2D eigenvalue weighted by Gasteiger charge is 2.32. The van der Waals surface area contributed by atoms with E-state index in [1.807, 2.05) is 23.1 Å². The zero-order chi connectivity index (χ0) is 15.8. The Morgan fingerprint density at radius 3 is 2.91 bits per heavy atom. The number of carbonyl (C=O) groups is 1. The molecule has 1 unspecified atom stereocenters. The second kappa shape index (κ2) is 5.98. The van der Waals surface area contributed by atoms with Gasteiger partial charge in [-0.05, 0) is 35.9 Å². The number of carbonyl (C=O) groups excluding carboxylic acids is 1. The number of benzene rings is 2. The van der Waals surface area contributed by atoms with Crippen LogP contribution in [0, 0.1) is 0 Å². The van der Waals surface area contributed by atoms with Gasteiger partial charge in [0.2, 0.25) is 6.79 Å². The highest BCUT2D eigenvalue weighted by molar-refractivity contribution is 7.99. The maximum Gasteiger partial charge on any atom is 0.255 e. The molecule has 0 aromatic heterocycles. The Balaban J connectivity index is 1.63. The van der Waals surface area contributed by atoms with E-state index in [1.54, 1.807) is 36.0 Å². The first-order valence-corrected chi connectivity index (χ1v) is 8.73. The number of thioether (sulfide) groups is 1.